The van der Waals surface area contributed by atoms with E-state index in [9.17, 15) is 9.59 Å². The number of Topliss-reactive ketones (excluding diaryl/α,β-unsaturated/α-hetero) is 1. The summed E-state index contributed by atoms with van der Waals surface area (Å²) in [5, 5.41) is 0. The van der Waals surface area contributed by atoms with Crippen LogP contribution >= 0.6 is 0 Å². The fourth-order valence-electron chi connectivity index (χ4n) is 2.44. The molecule has 1 aromatic carbocycles. The van der Waals surface area contributed by atoms with E-state index in [4.69, 9.17) is 0 Å². The number of carbonyl (C=O) groups excluding carboxylic acids is 2. The largest absolute Gasteiger partial charge is 0.340 e. The number of piperazine rings is 1. The van der Waals surface area contributed by atoms with Crippen molar-refractivity contribution >= 4 is 11.7 Å². The maximum Gasteiger partial charge on any atom is 0.219 e. The van der Waals surface area contributed by atoms with Gasteiger partial charge in [-0.15, -0.1) is 0 Å². The van der Waals surface area contributed by atoms with Gasteiger partial charge >= 0.3 is 0 Å². The molecule has 1 heterocycles. The molecule has 1 saturated heterocycles. The molecular formula is C16H22N2O2. The van der Waals surface area contributed by atoms with E-state index in [1.807, 2.05) is 29.2 Å². The third-order valence-electron chi connectivity index (χ3n) is 3.87. The van der Waals surface area contributed by atoms with E-state index in [-0.39, 0.29) is 11.7 Å². The summed E-state index contributed by atoms with van der Waals surface area (Å²) in [6.07, 6.45) is 0.988. The SMILES string of the molecule is CCc1ccc(C(=O)CN2CCN(C(C)=O)CC2)cc1. The molecule has 0 spiro atoms. The molecule has 0 atom stereocenters. The number of amides is 1. The molecule has 0 aliphatic carbocycles. The molecule has 1 aromatic rings. The maximum atomic E-state index is 12.2. The third-order valence-corrected chi connectivity index (χ3v) is 3.87. The Morgan fingerprint density at radius 1 is 1.05 bits per heavy atom. The molecule has 1 aliphatic heterocycles. The number of ketones is 1. The third kappa shape index (κ3) is 3.67. The molecule has 0 radical (unpaired) electrons. The van der Waals surface area contributed by atoms with Gasteiger partial charge in [0.05, 0.1) is 6.54 Å². The minimum atomic E-state index is 0.117. The lowest BCUT2D eigenvalue weighted by Gasteiger charge is -2.33. The lowest BCUT2D eigenvalue weighted by atomic mass is 10.1. The number of benzene rings is 1. The van der Waals surface area contributed by atoms with Gasteiger partial charge in [0, 0.05) is 38.7 Å². The van der Waals surface area contributed by atoms with Crippen LogP contribution in [0.2, 0.25) is 0 Å². The molecule has 20 heavy (non-hydrogen) atoms. The number of hydrogen-bond donors (Lipinski definition) is 0. The van der Waals surface area contributed by atoms with Crippen LogP contribution in [-0.4, -0.2) is 54.2 Å². The molecule has 0 unspecified atom stereocenters. The highest BCUT2D eigenvalue weighted by Crippen LogP contribution is 2.08. The molecule has 1 fully saturated rings. The van der Waals surface area contributed by atoms with Crippen molar-refractivity contribution in [3.05, 3.63) is 35.4 Å². The Balaban J connectivity index is 1.87. The molecule has 0 aromatic heterocycles. The number of hydrogen-bond acceptors (Lipinski definition) is 3. The van der Waals surface area contributed by atoms with Gasteiger partial charge in [-0.25, -0.2) is 0 Å². The van der Waals surface area contributed by atoms with Gasteiger partial charge in [0.15, 0.2) is 5.78 Å². The quantitative estimate of drug-likeness (QED) is 0.783. The van der Waals surface area contributed by atoms with Gasteiger partial charge < -0.3 is 4.90 Å². The van der Waals surface area contributed by atoms with Gasteiger partial charge in [0.2, 0.25) is 5.91 Å². The minimum absolute atomic E-state index is 0.117. The summed E-state index contributed by atoms with van der Waals surface area (Å²) in [7, 11) is 0. The Morgan fingerprint density at radius 3 is 2.15 bits per heavy atom. The molecule has 108 valence electrons. The van der Waals surface area contributed by atoms with Gasteiger partial charge in [-0.3, -0.25) is 14.5 Å². The van der Waals surface area contributed by atoms with Crippen LogP contribution in [0.3, 0.4) is 0 Å². The first-order chi connectivity index (χ1) is 9.60. The topological polar surface area (TPSA) is 40.6 Å². The average molecular weight is 274 g/mol. The van der Waals surface area contributed by atoms with Crippen LogP contribution in [0.1, 0.15) is 29.8 Å². The van der Waals surface area contributed by atoms with Crippen molar-refractivity contribution in [3.63, 3.8) is 0 Å². The molecule has 0 bridgehead atoms. The van der Waals surface area contributed by atoms with Crippen molar-refractivity contribution in [3.8, 4) is 0 Å². The zero-order valence-electron chi connectivity index (χ0n) is 12.3. The van der Waals surface area contributed by atoms with Crippen molar-refractivity contribution in [2.45, 2.75) is 20.3 Å². The van der Waals surface area contributed by atoms with Crippen LogP contribution in [0.25, 0.3) is 0 Å². The summed E-state index contributed by atoms with van der Waals surface area (Å²) in [5.74, 6) is 0.273. The molecule has 0 saturated carbocycles. The van der Waals surface area contributed by atoms with E-state index in [1.165, 1.54) is 5.56 Å². The second-order valence-corrected chi connectivity index (χ2v) is 5.26. The average Bonchev–Trinajstić information content (AvgIpc) is 2.48. The zero-order valence-corrected chi connectivity index (χ0v) is 12.3. The predicted molar refractivity (Wildman–Crippen MR) is 78.8 cm³/mol. The van der Waals surface area contributed by atoms with E-state index < -0.39 is 0 Å². The van der Waals surface area contributed by atoms with Crippen molar-refractivity contribution in [2.75, 3.05) is 32.7 Å². The van der Waals surface area contributed by atoms with E-state index in [0.717, 1.165) is 38.2 Å². The summed E-state index contributed by atoms with van der Waals surface area (Å²) in [5.41, 5.74) is 2.02. The van der Waals surface area contributed by atoms with Gasteiger partial charge in [0.25, 0.3) is 0 Å². The van der Waals surface area contributed by atoms with E-state index >= 15 is 0 Å². The first-order valence-electron chi connectivity index (χ1n) is 7.20. The van der Waals surface area contributed by atoms with Crippen LogP contribution < -0.4 is 0 Å². The Labute approximate surface area is 120 Å². The van der Waals surface area contributed by atoms with Gasteiger partial charge in [-0.1, -0.05) is 31.2 Å². The molecule has 4 heteroatoms. The zero-order chi connectivity index (χ0) is 14.5. The minimum Gasteiger partial charge on any atom is -0.340 e. The van der Waals surface area contributed by atoms with Crippen LogP contribution in [0.15, 0.2) is 24.3 Å². The summed E-state index contributed by atoms with van der Waals surface area (Å²) in [4.78, 5) is 27.4. The summed E-state index contributed by atoms with van der Waals surface area (Å²) < 4.78 is 0. The Kier molecular flexibility index (Phi) is 4.90. The molecule has 1 aliphatic rings. The van der Waals surface area contributed by atoms with E-state index in [1.54, 1.807) is 6.92 Å². The van der Waals surface area contributed by atoms with E-state index in [2.05, 4.69) is 11.8 Å². The van der Waals surface area contributed by atoms with Crippen molar-refractivity contribution in [1.29, 1.82) is 0 Å². The smallest absolute Gasteiger partial charge is 0.219 e. The van der Waals surface area contributed by atoms with Crippen molar-refractivity contribution in [1.82, 2.24) is 9.80 Å². The summed E-state index contributed by atoms with van der Waals surface area (Å²) >= 11 is 0. The highest BCUT2D eigenvalue weighted by Gasteiger charge is 2.20. The molecule has 4 nitrogen and oxygen atoms in total. The van der Waals surface area contributed by atoms with E-state index in [0.29, 0.717) is 6.54 Å². The van der Waals surface area contributed by atoms with Gasteiger partial charge in [-0.2, -0.15) is 0 Å². The summed E-state index contributed by atoms with van der Waals surface area (Å²) in [6, 6.07) is 7.85. The second kappa shape index (κ2) is 6.66. The standard InChI is InChI=1S/C16H22N2O2/c1-3-14-4-6-15(7-5-14)16(20)12-17-8-10-18(11-9-17)13(2)19/h4-7H,3,8-12H2,1-2H3. The van der Waals surface area contributed by atoms with Crippen molar-refractivity contribution < 1.29 is 9.59 Å². The highest BCUT2D eigenvalue weighted by molar-refractivity contribution is 5.97. The van der Waals surface area contributed by atoms with Crippen LogP contribution in [0.5, 0.6) is 0 Å². The first-order valence-corrected chi connectivity index (χ1v) is 7.20. The molecule has 1 amide bonds. The number of rotatable bonds is 4. The normalized spacial score (nSPS) is 16.2. The molecular weight excluding hydrogens is 252 g/mol. The number of carbonyl (C=O) groups is 2. The Bertz CT molecular complexity index is 474. The summed E-state index contributed by atoms with van der Waals surface area (Å²) in [6.45, 7) is 7.13. The monoisotopic (exact) mass is 274 g/mol. The number of nitrogens with zero attached hydrogens (tertiary/aromatic N) is 2. The second-order valence-electron chi connectivity index (χ2n) is 5.26. The lowest BCUT2D eigenvalue weighted by Crippen LogP contribution is -2.49. The van der Waals surface area contributed by atoms with Crippen LogP contribution in [-0.2, 0) is 11.2 Å². The highest BCUT2D eigenvalue weighted by atomic mass is 16.2. The molecule has 0 N–H and O–H groups in total. The van der Waals surface area contributed by atoms with Gasteiger partial charge in [-0.05, 0) is 12.0 Å². The Morgan fingerprint density at radius 2 is 1.65 bits per heavy atom. The number of aryl methyl sites for hydroxylation is 1. The van der Waals surface area contributed by atoms with Crippen LogP contribution in [0.4, 0.5) is 0 Å². The van der Waals surface area contributed by atoms with Gasteiger partial charge in [0.1, 0.15) is 0 Å². The fraction of sp³-hybridized carbons (Fsp3) is 0.500. The molecule has 2 rings (SSSR count). The fourth-order valence-corrected chi connectivity index (χ4v) is 2.44. The Hall–Kier alpha value is -1.68. The first kappa shape index (κ1) is 14.7. The maximum absolute atomic E-state index is 12.2. The predicted octanol–water partition coefficient (Wildman–Crippen LogP) is 1.60. The van der Waals surface area contributed by atoms with Crippen LogP contribution in [0, 0.1) is 0 Å². The van der Waals surface area contributed by atoms with Crippen molar-refractivity contribution in [2.24, 2.45) is 0 Å². The lowest BCUT2D eigenvalue weighted by molar-refractivity contribution is -0.130.